The quantitative estimate of drug-likeness (QED) is 0.256. The van der Waals surface area contributed by atoms with Crippen molar-refractivity contribution in [2.24, 2.45) is 0 Å². The fourth-order valence-corrected chi connectivity index (χ4v) is 4.26. The van der Waals surface area contributed by atoms with Gasteiger partial charge in [-0.1, -0.05) is 41.5 Å². The molecule has 0 bridgehead atoms. The van der Waals surface area contributed by atoms with Crippen LogP contribution < -0.4 is 0 Å². The molecule has 0 unspecified atom stereocenters. The maximum atomic E-state index is 14.8. The molecule has 0 fully saturated rings. The van der Waals surface area contributed by atoms with Crippen molar-refractivity contribution in [3.05, 3.63) is 88.4 Å². The largest absolute Gasteiger partial charge is 0.432 e. The predicted molar refractivity (Wildman–Crippen MR) is 146 cm³/mol. The van der Waals surface area contributed by atoms with E-state index in [-0.39, 0.29) is 22.1 Å². The predicted octanol–water partition coefficient (Wildman–Crippen LogP) is 8.75. The van der Waals surface area contributed by atoms with Crippen molar-refractivity contribution >= 4 is 0 Å². The van der Waals surface area contributed by atoms with Gasteiger partial charge in [0.05, 0.1) is 22.8 Å². The van der Waals surface area contributed by atoms with Gasteiger partial charge in [0.15, 0.2) is 0 Å². The van der Waals surface area contributed by atoms with Crippen LogP contribution in [0.1, 0.15) is 83.6 Å². The molecule has 1 N–H and O–H groups in total. The summed E-state index contributed by atoms with van der Waals surface area (Å²) in [7, 11) is 0. The normalized spacial score (nSPS) is 13.1. The number of halogens is 5. The van der Waals surface area contributed by atoms with Crippen LogP contribution in [0.3, 0.4) is 0 Å². The molecule has 0 amide bonds. The van der Waals surface area contributed by atoms with Crippen LogP contribution in [0.25, 0.3) is 22.6 Å². The molecular weight excluding hydrogens is 523 g/mol. The number of aromatic nitrogens is 4. The molecule has 40 heavy (non-hydrogen) atoms. The highest BCUT2D eigenvalue weighted by atomic mass is 19.4. The van der Waals surface area contributed by atoms with Gasteiger partial charge in [0.25, 0.3) is 0 Å². The molecule has 0 aliphatic carbocycles. The maximum Gasteiger partial charge on any atom is 0.432 e. The summed E-state index contributed by atoms with van der Waals surface area (Å²) in [6, 6.07) is 11.7. The third-order valence-electron chi connectivity index (χ3n) is 7.02. The Balaban J connectivity index is 1.94. The lowest BCUT2D eigenvalue weighted by molar-refractivity contribution is -0.141. The minimum absolute atomic E-state index is 0.0703. The monoisotopic (exact) mass is 556 g/mol. The second kappa shape index (κ2) is 9.78. The molecule has 0 aliphatic heterocycles. The molecule has 0 spiro atoms. The Hall–Kier alpha value is -3.62. The van der Waals surface area contributed by atoms with Gasteiger partial charge >= 0.3 is 6.18 Å². The second-order valence-electron chi connectivity index (χ2n) is 12.7. The number of nitrogens with one attached hydrogen (secondary N) is 1. The summed E-state index contributed by atoms with van der Waals surface area (Å²) in [5.74, 6) is -1.41. The zero-order valence-electron chi connectivity index (χ0n) is 23.9. The molecule has 212 valence electrons. The van der Waals surface area contributed by atoms with Crippen LogP contribution in [0.4, 0.5) is 22.0 Å². The number of aromatic amines is 1. The Kier molecular flexibility index (Phi) is 7.18. The molecule has 9 heteroatoms. The minimum atomic E-state index is -4.57. The second-order valence-corrected chi connectivity index (χ2v) is 12.7. The van der Waals surface area contributed by atoms with Crippen molar-refractivity contribution in [2.75, 3.05) is 0 Å². The Morgan fingerprint density at radius 2 is 1.15 bits per heavy atom. The first-order chi connectivity index (χ1) is 18.3. The maximum absolute atomic E-state index is 14.8. The van der Waals surface area contributed by atoms with E-state index < -0.39 is 28.9 Å². The van der Waals surface area contributed by atoms with Crippen molar-refractivity contribution < 1.29 is 22.0 Å². The van der Waals surface area contributed by atoms with E-state index in [0.29, 0.717) is 22.8 Å². The summed E-state index contributed by atoms with van der Waals surface area (Å²) in [5.41, 5.74) is 1.27. The third kappa shape index (κ3) is 5.93. The molecule has 3 aromatic heterocycles. The SMILES string of the molecule is CC(C)(C)c1cc(-c2cc(C(F)(F)F)[nH]n2)nc(C(C)(C)c2cc(C(C)(C)C)cc(-c3ccc(F)cc3F)n2)c1. The zero-order valence-corrected chi connectivity index (χ0v) is 23.9. The molecule has 0 radical (unpaired) electrons. The zero-order chi connectivity index (χ0) is 29.8. The van der Waals surface area contributed by atoms with E-state index in [4.69, 9.17) is 9.97 Å². The van der Waals surface area contributed by atoms with Crippen molar-refractivity contribution in [1.29, 1.82) is 0 Å². The van der Waals surface area contributed by atoms with Gasteiger partial charge < -0.3 is 0 Å². The van der Waals surface area contributed by atoms with Crippen molar-refractivity contribution in [1.82, 2.24) is 20.2 Å². The molecule has 1 aromatic carbocycles. The lowest BCUT2D eigenvalue weighted by Gasteiger charge is -2.30. The summed E-state index contributed by atoms with van der Waals surface area (Å²) in [5, 5.41) is 5.96. The average Bonchev–Trinajstić information content (AvgIpc) is 3.34. The molecule has 0 atom stereocenters. The number of alkyl halides is 3. The Labute approximate surface area is 231 Å². The van der Waals surface area contributed by atoms with Crippen molar-refractivity contribution in [3.8, 4) is 22.6 Å². The van der Waals surface area contributed by atoms with Gasteiger partial charge in [-0.2, -0.15) is 18.3 Å². The third-order valence-corrected chi connectivity index (χ3v) is 7.02. The molecule has 3 heterocycles. The van der Waals surface area contributed by atoms with Crippen molar-refractivity contribution in [3.63, 3.8) is 0 Å². The number of hydrogen-bond donors (Lipinski definition) is 1. The smallest absolute Gasteiger partial charge is 0.273 e. The number of benzene rings is 1. The molecule has 0 saturated heterocycles. The van der Waals surface area contributed by atoms with Crippen LogP contribution in [0.15, 0.2) is 48.5 Å². The molecule has 4 rings (SSSR count). The van der Waals surface area contributed by atoms with Crippen molar-refractivity contribution in [2.45, 2.75) is 77.8 Å². The summed E-state index contributed by atoms with van der Waals surface area (Å²) in [4.78, 5) is 9.58. The number of H-pyrrole nitrogens is 1. The lowest BCUT2D eigenvalue weighted by atomic mass is 9.78. The minimum Gasteiger partial charge on any atom is -0.273 e. The van der Waals surface area contributed by atoms with E-state index >= 15 is 0 Å². The van der Waals surface area contributed by atoms with E-state index in [1.165, 1.54) is 12.1 Å². The van der Waals surface area contributed by atoms with Crippen LogP contribution in [0, 0.1) is 11.6 Å². The molecule has 4 nitrogen and oxygen atoms in total. The lowest BCUT2D eigenvalue weighted by Crippen LogP contribution is -2.26. The van der Waals surface area contributed by atoms with Crippen LogP contribution in [-0.2, 0) is 22.4 Å². The summed E-state index contributed by atoms with van der Waals surface area (Å²) in [6.45, 7) is 15.9. The molecule has 0 aliphatic rings. The molecule has 0 saturated carbocycles. The van der Waals surface area contributed by atoms with Crippen LogP contribution in [0.2, 0.25) is 0 Å². The fourth-order valence-electron chi connectivity index (χ4n) is 4.26. The summed E-state index contributed by atoms with van der Waals surface area (Å²) < 4.78 is 68.4. The van der Waals surface area contributed by atoms with Gasteiger partial charge in [0.1, 0.15) is 23.0 Å². The van der Waals surface area contributed by atoms with E-state index in [9.17, 15) is 22.0 Å². The summed E-state index contributed by atoms with van der Waals surface area (Å²) in [6.07, 6.45) is -4.57. The highest BCUT2D eigenvalue weighted by Crippen LogP contribution is 2.38. The van der Waals surface area contributed by atoms with Gasteiger partial charge in [-0.15, -0.1) is 0 Å². The van der Waals surface area contributed by atoms with Gasteiger partial charge in [0, 0.05) is 17.0 Å². The Morgan fingerprint density at radius 3 is 1.62 bits per heavy atom. The first kappa shape index (κ1) is 29.4. The fraction of sp³-hybridized carbons (Fsp3) is 0.387. The van der Waals surface area contributed by atoms with Crippen LogP contribution >= 0.6 is 0 Å². The number of pyridine rings is 2. The first-order valence-corrected chi connectivity index (χ1v) is 12.9. The first-order valence-electron chi connectivity index (χ1n) is 12.9. The topological polar surface area (TPSA) is 54.5 Å². The van der Waals surface area contributed by atoms with Gasteiger partial charge in [-0.3, -0.25) is 15.1 Å². The van der Waals surface area contributed by atoms with Gasteiger partial charge in [0.2, 0.25) is 0 Å². The standard InChI is InChI=1S/C31H33F5N4/c1-28(2,3)17-11-22(20-10-9-19(32)15-21(20)33)37-25(13-17)30(7,8)26-14-18(29(4,5)6)12-23(38-26)24-16-27(40-39-24)31(34,35)36/h9-16H,1-8H3,(H,39,40). The van der Waals surface area contributed by atoms with Gasteiger partial charge in [-0.05, 0) is 78.3 Å². The van der Waals surface area contributed by atoms with E-state index in [2.05, 4.69) is 10.2 Å². The van der Waals surface area contributed by atoms with E-state index in [0.717, 1.165) is 23.3 Å². The van der Waals surface area contributed by atoms with Crippen LogP contribution in [0.5, 0.6) is 0 Å². The number of hydrogen-bond acceptors (Lipinski definition) is 3. The van der Waals surface area contributed by atoms with Crippen LogP contribution in [-0.4, -0.2) is 20.2 Å². The number of nitrogens with zero attached hydrogens (tertiary/aromatic N) is 3. The van der Waals surface area contributed by atoms with E-state index in [1.807, 2.05) is 67.5 Å². The number of rotatable bonds is 4. The Morgan fingerprint density at radius 1 is 0.625 bits per heavy atom. The summed E-state index contributed by atoms with van der Waals surface area (Å²) >= 11 is 0. The molecule has 4 aromatic rings. The Bertz CT molecular complexity index is 1550. The molecular formula is C31H33F5N4. The average molecular weight is 557 g/mol. The van der Waals surface area contributed by atoms with Gasteiger partial charge in [-0.25, -0.2) is 8.78 Å². The van der Waals surface area contributed by atoms with E-state index in [1.54, 1.807) is 12.1 Å². The highest BCUT2D eigenvalue weighted by molar-refractivity contribution is 5.63. The highest BCUT2D eigenvalue weighted by Gasteiger charge is 2.35.